The molecule has 0 radical (unpaired) electrons. The standard InChI is InChI=1S/C17H25NO3/c1-20-16-9-8-14(13-17(16)21-2)15(19)7-6-12-18-10-4-3-5-11-18/h8-9,13H,3-7,10-12H2,1-2H3. The second kappa shape index (κ2) is 8.03. The molecule has 0 N–H and O–H groups in total. The van der Waals surface area contributed by atoms with Gasteiger partial charge < -0.3 is 14.4 Å². The van der Waals surface area contributed by atoms with Gasteiger partial charge in [-0.2, -0.15) is 0 Å². The predicted molar refractivity (Wildman–Crippen MR) is 83.4 cm³/mol. The van der Waals surface area contributed by atoms with E-state index < -0.39 is 0 Å². The molecule has 0 spiro atoms. The number of ketones is 1. The molecule has 2 rings (SSSR count). The van der Waals surface area contributed by atoms with Gasteiger partial charge >= 0.3 is 0 Å². The van der Waals surface area contributed by atoms with E-state index in [0.717, 1.165) is 13.0 Å². The number of carbonyl (C=O) groups is 1. The zero-order chi connectivity index (χ0) is 15.1. The number of hydrogen-bond donors (Lipinski definition) is 0. The molecule has 4 heteroatoms. The van der Waals surface area contributed by atoms with Crippen LogP contribution in [0.5, 0.6) is 11.5 Å². The Kier molecular flexibility index (Phi) is 6.05. The van der Waals surface area contributed by atoms with Gasteiger partial charge in [0.15, 0.2) is 17.3 Å². The first-order valence-corrected chi connectivity index (χ1v) is 7.72. The minimum absolute atomic E-state index is 0.174. The second-order valence-electron chi connectivity index (χ2n) is 5.50. The first-order chi connectivity index (χ1) is 10.2. The van der Waals surface area contributed by atoms with Gasteiger partial charge in [-0.25, -0.2) is 0 Å². The fraction of sp³-hybridized carbons (Fsp3) is 0.588. The quantitative estimate of drug-likeness (QED) is 0.723. The van der Waals surface area contributed by atoms with Crippen molar-refractivity contribution in [3.05, 3.63) is 23.8 Å². The maximum Gasteiger partial charge on any atom is 0.163 e. The summed E-state index contributed by atoms with van der Waals surface area (Å²) in [7, 11) is 3.18. The Balaban J connectivity index is 1.85. The molecule has 0 amide bonds. The number of ether oxygens (including phenoxy) is 2. The van der Waals surface area contributed by atoms with Crippen LogP contribution in [0.25, 0.3) is 0 Å². The number of methoxy groups -OCH3 is 2. The van der Waals surface area contributed by atoms with E-state index in [-0.39, 0.29) is 5.78 Å². The molecule has 1 saturated heterocycles. The number of carbonyl (C=O) groups excluding carboxylic acids is 1. The molecule has 0 bridgehead atoms. The summed E-state index contributed by atoms with van der Waals surface area (Å²) in [5.41, 5.74) is 0.700. The molecule has 1 aromatic carbocycles. The number of hydrogen-bond acceptors (Lipinski definition) is 4. The predicted octanol–water partition coefficient (Wildman–Crippen LogP) is 3.15. The average Bonchev–Trinajstić information content (AvgIpc) is 2.55. The Morgan fingerprint density at radius 1 is 1.10 bits per heavy atom. The van der Waals surface area contributed by atoms with Crippen LogP contribution in [-0.2, 0) is 0 Å². The van der Waals surface area contributed by atoms with Crippen molar-refractivity contribution in [1.29, 1.82) is 0 Å². The van der Waals surface area contributed by atoms with Crippen molar-refractivity contribution in [2.45, 2.75) is 32.1 Å². The lowest BCUT2D eigenvalue weighted by Crippen LogP contribution is -2.30. The molecule has 0 saturated carbocycles. The third-order valence-electron chi connectivity index (χ3n) is 4.03. The van der Waals surface area contributed by atoms with Gasteiger partial charge in [-0.05, 0) is 57.1 Å². The van der Waals surface area contributed by atoms with Crippen LogP contribution in [0.2, 0.25) is 0 Å². The van der Waals surface area contributed by atoms with Crippen molar-refractivity contribution in [2.24, 2.45) is 0 Å². The number of Topliss-reactive ketones (excluding diaryl/α,β-unsaturated/α-hetero) is 1. The molecular formula is C17H25NO3. The molecule has 116 valence electrons. The van der Waals surface area contributed by atoms with Crippen LogP contribution in [0.3, 0.4) is 0 Å². The highest BCUT2D eigenvalue weighted by Gasteiger charge is 2.13. The summed E-state index contributed by atoms with van der Waals surface area (Å²) in [5.74, 6) is 1.44. The van der Waals surface area contributed by atoms with Crippen molar-refractivity contribution in [2.75, 3.05) is 33.9 Å². The molecule has 0 aliphatic carbocycles. The maximum atomic E-state index is 12.2. The van der Waals surface area contributed by atoms with Gasteiger partial charge in [-0.1, -0.05) is 6.42 Å². The molecule has 1 aromatic rings. The van der Waals surface area contributed by atoms with Crippen LogP contribution in [0, 0.1) is 0 Å². The lowest BCUT2D eigenvalue weighted by molar-refractivity contribution is 0.0972. The van der Waals surface area contributed by atoms with Gasteiger partial charge in [-0.3, -0.25) is 4.79 Å². The van der Waals surface area contributed by atoms with Crippen LogP contribution in [0.4, 0.5) is 0 Å². The molecule has 1 aliphatic rings. The second-order valence-corrected chi connectivity index (χ2v) is 5.50. The van der Waals surface area contributed by atoms with Crippen LogP contribution in [-0.4, -0.2) is 44.5 Å². The smallest absolute Gasteiger partial charge is 0.163 e. The third-order valence-corrected chi connectivity index (χ3v) is 4.03. The average molecular weight is 291 g/mol. The third kappa shape index (κ3) is 4.46. The highest BCUT2D eigenvalue weighted by molar-refractivity contribution is 5.96. The van der Waals surface area contributed by atoms with E-state index in [9.17, 15) is 4.79 Å². The van der Waals surface area contributed by atoms with E-state index >= 15 is 0 Å². The summed E-state index contributed by atoms with van der Waals surface area (Å²) < 4.78 is 10.4. The first-order valence-electron chi connectivity index (χ1n) is 7.72. The molecule has 0 atom stereocenters. The van der Waals surface area contributed by atoms with E-state index in [1.54, 1.807) is 26.4 Å². The normalized spacial score (nSPS) is 15.7. The fourth-order valence-corrected chi connectivity index (χ4v) is 2.80. The van der Waals surface area contributed by atoms with Crippen LogP contribution < -0.4 is 9.47 Å². The Labute approximate surface area is 127 Å². The highest BCUT2D eigenvalue weighted by Crippen LogP contribution is 2.28. The van der Waals surface area contributed by atoms with Crippen molar-refractivity contribution < 1.29 is 14.3 Å². The van der Waals surface area contributed by atoms with Crippen molar-refractivity contribution in [1.82, 2.24) is 4.90 Å². The fourth-order valence-electron chi connectivity index (χ4n) is 2.80. The topological polar surface area (TPSA) is 38.8 Å². The summed E-state index contributed by atoms with van der Waals surface area (Å²) in [5, 5.41) is 0. The summed E-state index contributed by atoms with van der Waals surface area (Å²) >= 11 is 0. The lowest BCUT2D eigenvalue weighted by Gasteiger charge is -2.26. The number of benzene rings is 1. The molecule has 21 heavy (non-hydrogen) atoms. The highest BCUT2D eigenvalue weighted by atomic mass is 16.5. The molecule has 1 fully saturated rings. The van der Waals surface area contributed by atoms with Gasteiger partial charge in [0.25, 0.3) is 0 Å². The van der Waals surface area contributed by atoms with E-state index in [1.165, 1.54) is 32.4 Å². The first kappa shape index (κ1) is 15.8. The summed E-state index contributed by atoms with van der Waals surface area (Å²) in [6, 6.07) is 5.36. The minimum atomic E-state index is 0.174. The van der Waals surface area contributed by atoms with Gasteiger partial charge in [0, 0.05) is 12.0 Å². The maximum absolute atomic E-state index is 12.2. The zero-order valence-electron chi connectivity index (χ0n) is 13.1. The number of likely N-dealkylation sites (tertiary alicyclic amines) is 1. The van der Waals surface area contributed by atoms with Crippen molar-refractivity contribution in [3.63, 3.8) is 0 Å². The van der Waals surface area contributed by atoms with Crippen molar-refractivity contribution >= 4 is 5.78 Å². The van der Waals surface area contributed by atoms with E-state index in [2.05, 4.69) is 4.90 Å². The Morgan fingerprint density at radius 3 is 2.48 bits per heavy atom. The number of rotatable bonds is 7. The van der Waals surface area contributed by atoms with Crippen LogP contribution >= 0.6 is 0 Å². The van der Waals surface area contributed by atoms with Gasteiger partial charge in [-0.15, -0.1) is 0 Å². The minimum Gasteiger partial charge on any atom is -0.493 e. The van der Waals surface area contributed by atoms with Gasteiger partial charge in [0.1, 0.15) is 0 Å². The number of nitrogens with zero attached hydrogens (tertiary/aromatic N) is 1. The summed E-state index contributed by atoms with van der Waals surface area (Å²) in [6.07, 6.45) is 5.45. The molecular weight excluding hydrogens is 266 g/mol. The zero-order valence-corrected chi connectivity index (χ0v) is 13.1. The van der Waals surface area contributed by atoms with E-state index in [0.29, 0.717) is 23.5 Å². The van der Waals surface area contributed by atoms with Gasteiger partial charge in [0.2, 0.25) is 0 Å². The van der Waals surface area contributed by atoms with Crippen LogP contribution in [0.1, 0.15) is 42.5 Å². The Bertz CT molecular complexity index is 467. The molecule has 4 nitrogen and oxygen atoms in total. The molecule has 1 aliphatic heterocycles. The Morgan fingerprint density at radius 2 is 1.81 bits per heavy atom. The van der Waals surface area contributed by atoms with Crippen molar-refractivity contribution in [3.8, 4) is 11.5 Å². The molecule has 1 heterocycles. The van der Waals surface area contributed by atoms with E-state index in [1.807, 2.05) is 6.07 Å². The number of piperidine rings is 1. The van der Waals surface area contributed by atoms with Crippen LogP contribution in [0.15, 0.2) is 18.2 Å². The Hall–Kier alpha value is -1.55. The molecule has 0 aromatic heterocycles. The van der Waals surface area contributed by atoms with E-state index in [4.69, 9.17) is 9.47 Å². The molecule has 0 unspecified atom stereocenters. The van der Waals surface area contributed by atoms with Gasteiger partial charge in [0.05, 0.1) is 14.2 Å². The SMILES string of the molecule is COc1ccc(C(=O)CCCN2CCCCC2)cc1OC. The summed E-state index contributed by atoms with van der Waals surface area (Å²) in [6.45, 7) is 3.40. The largest absolute Gasteiger partial charge is 0.493 e. The summed E-state index contributed by atoms with van der Waals surface area (Å²) in [4.78, 5) is 14.7. The lowest BCUT2D eigenvalue weighted by atomic mass is 10.0. The monoisotopic (exact) mass is 291 g/mol.